The summed E-state index contributed by atoms with van der Waals surface area (Å²) >= 11 is 0. The van der Waals surface area contributed by atoms with E-state index in [1.54, 1.807) is 43.4 Å². The highest BCUT2D eigenvalue weighted by Gasteiger charge is 2.22. The van der Waals surface area contributed by atoms with E-state index in [4.69, 9.17) is 24.7 Å². The molecule has 0 bridgehead atoms. The molecule has 3 amide bonds. The Labute approximate surface area is 305 Å². The molecule has 4 rings (SSSR count). The predicted octanol–water partition coefficient (Wildman–Crippen LogP) is 4.52. The van der Waals surface area contributed by atoms with Crippen LogP contribution in [0.1, 0.15) is 58.4 Å². The topological polar surface area (TPSA) is 153 Å². The highest BCUT2D eigenvalue weighted by atomic mass is 16.6. The predicted molar refractivity (Wildman–Crippen MR) is 199 cm³/mol. The van der Waals surface area contributed by atoms with Crippen molar-refractivity contribution in [2.75, 3.05) is 84.0 Å². The number of hydrogen-bond acceptors (Lipinski definition) is 10. The maximum absolute atomic E-state index is 13.9. The molecule has 3 aromatic rings. The van der Waals surface area contributed by atoms with E-state index in [0.29, 0.717) is 55.4 Å². The minimum absolute atomic E-state index is 0.103. The lowest BCUT2D eigenvalue weighted by atomic mass is 10.1. The number of unbranched alkanes of at least 4 members (excludes halogenated alkanes) is 2. The van der Waals surface area contributed by atoms with Crippen molar-refractivity contribution in [3.05, 3.63) is 77.4 Å². The third kappa shape index (κ3) is 11.4. The van der Waals surface area contributed by atoms with Gasteiger partial charge in [0.1, 0.15) is 17.2 Å². The molecule has 0 aromatic heterocycles. The number of nitrogens with one attached hydrogen (secondary N) is 1. The molecule has 0 atom stereocenters. The fraction of sp³-hybridized carbons (Fsp3) is 0.436. The van der Waals surface area contributed by atoms with Crippen LogP contribution in [0.5, 0.6) is 17.2 Å². The van der Waals surface area contributed by atoms with Gasteiger partial charge in [-0.2, -0.15) is 0 Å². The van der Waals surface area contributed by atoms with Crippen molar-refractivity contribution in [1.29, 1.82) is 0 Å². The summed E-state index contributed by atoms with van der Waals surface area (Å²) in [6.45, 7) is 6.13. The molecule has 3 aromatic carbocycles. The molecule has 13 heteroatoms. The number of para-hydroxylation sites is 1. The second-order valence-electron chi connectivity index (χ2n) is 12.7. The van der Waals surface area contributed by atoms with E-state index in [2.05, 4.69) is 17.3 Å². The van der Waals surface area contributed by atoms with E-state index in [9.17, 15) is 19.2 Å². The molecule has 280 valence electrons. The number of rotatable bonds is 18. The maximum Gasteiger partial charge on any atom is 0.343 e. The van der Waals surface area contributed by atoms with Crippen molar-refractivity contribution in [2.45, 2.75) is 39.0 Å². The molecule has 13 nitrogen and oxygen atoms in total. The lowest BCUT2D eigenvalue weighted by Crippen LogP contribution is -2.47. The summed E-state index contributed by atoms with van der Waals surface area (Å²) in [5.41, 5.74) is 7.92. The van der Waals surface area contributed by atoms with Crippen LogP contribution in [-0.2, 0) is 14.3 Å². The van der Waals surface area contributed by atoms with Gasteiger partial charge in [-0.05, 0) is 94.2 Å². The van der Waals surface area contributed by atoms with E-state index >= 15 is 0 Å². The lowest BCUT2D eigenvalue weighted by molar-refractivity contribution is -0.142. The standard InChI is InChI=1S/C39H51N5O8/c1-28-14-17-32(35(25-28)51-23-9-5-6-13-36(45)44-21-19-42(2)20-22-44)43(3)39(48)29-15-16-31(34(26-29)52-27-37(46)49-4)41-38(47)30-11-7-8-12-33(30)50-24-10-18-40/h7-8,11-12,14-17,25-26H,5-6,9-10,13,18-24,27,40H2,1-4H3,(H,41,47). The summed E-state index contributed by atoms with van der Waals surface area (Å²) in [4.78, 5) is 57.4. The third-order valence-electron chi connectivity index (χ3n) is 8.72. The number of carbonyl (C=O) groups excluding carboxylic acids is 4. The van der Waals surface area contributed by atoms with Crippen molar-refractivity contribution in [3.63, 3.8) is 0 Å². The Morgan fingerprint density at radius 3 is 2.31 bits per heavy atom. The van der Waals surface area contributed by atoms with Gasteiger partial charge in [-0.25, -0.2) is 4.79 Å². The molecule has 0 radical (unpaired) electrons. The van der Waals surface area contributed by atoms with E-state index in [-0.39, 0.29) is 28.8 Å². The summed E-state index contributed by atoms with van der Waals surface area (Å²) in [5.74, 6) is -0.201. The minimum atomic E-state index is -0.632. The van der Waals surface area contributed by atoms with Gasteiger partial charge in [0.25, 0.3) is 11.8 Å². The number of piperazine rings is 1. The number of esters is 1. The molecule has 0 aliphatic carbocycles. The quantitative estimate of drug-likeness (QED) is 0.142. The molecule has 0 saturated carbocycles. The number of methoxy groups -OCH3 is 1. The second-order valence-corrected chi connectivity index (χ2v) is 12.7. The van der Waals surface area contributed by atoms with Crippen LogP contribution in [-0.4, -0.2) is 107 Å². The van der Waals surface area contributed by atoms with Gasteiger partial charge in [0.15, 0.2) is 6.61 Å². The van der Waals surface area contributed by atoms with Crippen molar-refractivity contribution < 1.29 is 38.1 Å². The fourth-order valence-corrected chi connectivity index (χ4v) is 5.58. The molecule has 52 heavy (non-hydrogen) atoms. The van der Waals surface area contributed by atoms with Crippen molar-refractivity contribution in [2.24, 2.45) is 5.73 Å². The summed E-state index contributed by atoms with van der Waals surface area (Å²) in [7, 11) is 4.96. The van der Waals surface area contributed by atoms with E-state index < -0.39 is 18.5 Å². The zero-order valence-electron chi connectivity index (χ0n) is 30.7. The van der Waals surface area contributed by atoms with Crippen molar-refractivity contribution in [1.82, 2.24) is 9.80 Å². The molecule has 1 aliphatic rings. The Hall–Kier alpha value is -5.14. The van der Waals surface area contributed by atoms with Crippen molar-refractivity contribution >= 4 is 35.1 Å². The number of amides is 3. The number of anilines is 2. The number of carbonyl (C=O) groups is 4. The summed E-state index contributed by atoms with van der Waals surface area (Å²) in [6.07, 6.45) is 3.56. The van der Waals surface area contributed by atoms with Crippen LogP contribution in [0, 0.1) is 6.92 Å². The van der Waals surface area contributed by atoms with Gasteiger partial charge < -0.3 is 44.7 Å². The van der Waals surface area contributed by atoms with Crippen molar-refractivity contribution in [3.8, 4) is 17.2 Å². The Morgan fingerprint density at radius 1 is 0.827 bits per heavy atom. The van der Waals surface area contributed by atoms with Gasteiger partial charge in [-0.15, -0.1) is 0 Å². The van der Waals surface area contributed by atoms with Gasteiger partial charge in [0.05, 0.1) is 37.3 Å². The number of nitrogens with two attached hydrogens (primary N) is 1. The van der Waals surface area contributed by atoms with Crippen LogP contribution in [0.4, 0.5) is 11.4 Å². The molecule has 1 heterocycles. The van der Waals surface area contributed by atoms with Gasteiger partial charge in [-0.1, -0.05) is 18.2 Å². The molecule has 0 spiro atoms. The highest BCUT2D eigenvalue weighted by molar-refractivity contribution is 6.09. The number of ether oxygens (including phenoxy) is 4. The van der Waals surface area contributed by atoms with Gasteiger partial charge >= 0.3 is 5.97 Å². The van der Waals surface area contributed by atoms with Crippen LogP contribution < -0.4 is 30.2 Å². The van der Waals surface area contributed by atoms with E-state index in [1.165, 1.54) is 18.1 Å². The smallest absolute Gasteiger partial charge is 0.343 e. The third-order valence-corrected chi connectivity index (χ3v) is 8.72. The molecule has 1 fully saturated rings. The Bertz CT molecular complexity index is 1670. The average Bonchev–Trinajstić information content (AvgIpc) is 3.15. The van der Waals surface area contributed by atoms with Crippen LogP contribution >= 0.6 is 0 Å². The number of likely N-dealkylation sites (N-methyl/N-ethyl adjacent to an activating group) is 1. The first-order valence-corrected chi connectivity index (χ1v) is 17.7. The van der Waals surface area contributed by atoms with E-state index in [1.807, 2.05) is 30.0 Å². The van der Waals surface area contributed by atoms with Crippen LogP contribution in [0.15, 0.2) is 60.7 Å². The van der Waals surface area contributed by atoms with Crippen LogP contribution in [0.2, 0.25) is 0 Å². The molecular weight excluding hydrogens is 666 g/mol. The number of benzene rings is 3. The van der Waals surface area contributed by atoms with Gasteiger partial charge in [-0.3, -0.25) is 14.4 Å². The average molecular weight is 718 g/mol. The number of nitrogens with zero attached hydrogens (tertiary/aromatic N) is 3. The first-order chi connectivity index (χ1) is 25.1. The van der Waals surface area contributed by atoms with E-state index in [0.717, 1.165) is 51.0 Å². The molecule has 1 aliphatic heterocycles. The zero-order valence-corrected chi connectivity index (χ0v) is 30.7. The SMILES string of the molecule is COC(=O)COc1cc(C(=O)N(C)c2ccc(C)cc2OCCCCCC(=O)N2CCN(C)CC2)ccc1NC(=O)c1ccccc1OCCCN. The monoisotopic (exact) mass is 717 g/mol. The molecule has 1 saturated heterocycles. The lowest BCUT2D eigenvalue weighted by Gasteiger charge is -2.32. The first-order valence-electron chi connectivity index (χ1n) is 17.7. The largest absolute Gasteiger partial charge is 0.493 e. The van der Waals surface area contributed by atoms with Gasteiger partial charge in [0, 0.05) is 45.2 Å². The summed E-state index contributed by atoms with van der Waals surface area (Å²) < 4.78 is 22.4. The maximum atomic E-state index is 13.9. The normalized spacial score (nSPS) is 12.9. The highest BCUT2D eigenvalue weighted by Crippen LogP contribution is 2.33. The Morgan fingerprint density at radius 2 is 1.56 bits per heavy atom. The zero-order chi connectivity index (χ0) is 37.5. The Kier molecular flexibility index (Phi) is 15.3. The van der Waals surface area contributed by atoms with Crippen LogP contribution in [0.25, 0.3) is 0 Å². The molecular formula is C39H51N5O8. The number of aryl methyl sites for hydroxylation is 1. The summed E-state index contributed by atoms with van der Waals surface area (Å²) in [5, 5.41) is 2.82. The first kappa shape index (κ1) is 39.6. The molecule has 0 unspecified atom stereocenters. The minimum Gasteiger partial charge on any atom is -0.493 e. The second kappa shape index (κ2) is 20.0. The number of hydrogen-bond donors (Lipinski definition) is 2. The Balaban J connectivity index is 1.42. The molecule has 3 N–H and O–H groups in total. The summed E-state index contributed by atoms with van der Waals surface area (Å²) in [6, 6.07) is 17.0. The van der Waals surface area contributed by atoms with Crippen LogP contribution in [0.3, 0.4) is 0 Å². The van der Waals surface area contributed by atoms with Gasteiger partial charge in [0.2, 0.25) is 5.91 Å². The fourth-order valence-electron chi connectivity index (χ4n) is 5.58.